The lowest BCUT2D eigenvalue weighted by atomic mass is 9.87. The van der Waals surface area contributed by atoms with Gasteiger partial charge in [0.2, 0.25) is 0 Å². The molecule has 1 atom stereocenters. The molecule has 0 aliphatic carbocycles. The van der Waals surface area contributed by atoms with Gasteiger partial charge in [0, 0.05) is 48.2 Å². The number of halogens is 2. The summed E-state index contributed by atoms with van der Waals surface area (Å²) >= 11 is 0. The quantitative estimate of drug-likeness (QED) is 0.289. The van der Waals surface area contributed by atoms with Crippen LogP contribution in [0.1, 0.15) is 34.9 Å². The van der Waals surface area contributed by atoms with Crippen LogP contribution >= 0.6 is 0 Å². The van der Waals surface area contributed by atoms with Gasteiger partial charge in [-0.05, 0) is 37.1 Å². The monoisotopic (exact) mass is 482 g/mol. The first kappa shape index (κ1) is 23.5. The molecular weight excluding hydrogens is 458 g/mol. The zero-order valence-electron chi connectivity index (χ0n) is 19.7. The molecular formula is C29H24F2N4O. The summed E-state index contributed by atoms with van der Waals surface area (Å²) in [4.78, 5) is 22.5. The molecule has 5 nitrogen and oxygen atoms in total. The summed E-state index contributed by atoms with van der Waals surface area (Å²) in [5.41, 5.74) is 5.24. The Morgan fingerprint density at radius 3 is 2.44 bits per heavy atom. The second kappa shape index (κ2) is 10.2. The number of nitrogens with one attached hydrogen (secondary N) is 1. The van der Waals surface area contributed by atoms with Crippen molar-refractivity contribution in [2.75, 3.05) is 0 Å². The Bertz CT molecular complexity index is 1510. The number of nitrogens with zero attached hydrogens (tertiary/aromatic N) is 3. The molecule has 7 heteroatoms. The number of rotatable bonds is 8. The van der Waals surface area contributed by atoms with Crippen molar-refractivity contribution in [3.63, 3.8) is 0 Å². The van der Waals surface area contributed by atoms with Crippen molar-refractivity contribution >= 4 is 16.7 Å². The molecule has 0 fully saturated rings. The third kappa shape index (κ3) is 5.20. The number of Topliss-reactive ketones (excluding diaryl/α,β-unsaturated/α-hetero) is 1. The van der Waals surface area contributed by atoms with Crippen LogP contribution in [0, 0.1) is 18.6 Å². The van der Waals surface area contributed by atoms with E-state index in [1.54, 1.807) is 12.4 Å². The summed E-state index contributed by atoms with van der Waals surface area (Å²) in [6.07, 6.45) is 3.72. The zero-order valence-corrected chi connectivity index (χ0v) is 19.7. The SMILES string of the molecule is Cc1ccc(-c2nccnc2[C@@H](CC(=O)Cc2[nH]nc3ccccc23)Cc2cc(F)cc(F)c2)cc1. The number of benzene rings is 3. The normalized spacial score (nSPS) is 12.1. The summed E-state index contributed by atoms with van der Waals surface area (Å²) in [5, 5.41) is 8.14. The van der Waals surface area contributed by atoms with E-state index in [2.05, 4.69) is 20.2 Å². The van der Waals surface area contributed by atoms with Gasteiger partial charge in [0.15, 0.2) is 0 Å². The molecule has 0 radical (unpaired) electrons. The highest BCUT2D eigenvalue weighted by Crippen LogP contribution is 2.32. The highest BCUT2D eigenvalue weighted by molar-refractivity contribution is 5.88. The van der Waals surface area contributed by atoms with Gasteiger partial charge in [-0.2, -0.15) is 5.10 Å². The molecule has 0 aliphatic rings. The van der Waals surface area contributed by atoms with Gasteiger partial charge in [-0.3, -0.25) is 19.9 Å². The number of fused-ring (bicyclic) bond motifs is 1. The van der Waals surface area contributed by atoms with Crippen LogP contribution < -0.4 is 0 Å². The summed E-state index contributed by atoms with van der Waals surface area (Å²) in [6.45, 7) is 2.00. The zero-order chi connectivity index (χ0) is 25.1. The van der Waals surface area contributed by atoms with Gasteiger partial charge in [0.1, 0.15) is 17.4 Å². The first-order valence-corrected chi connectivity index (χ1v) is 11.7. The van der Waals surface area contributed by atoms with Crippen molar-refractivity contribution in [3.8, 4) is 11.3 Å². The van der Waals surface area contributed by atoms with E-state index in [0.29, 0.717) is 17.0 Å². The molecule has 0 saturated heterocycles. The van der Waals surface area contributed by atoms with E-state index in [1.807, 2.05) is 55.5 Å². The molecule has 0 bridgehead atoms. The van der Waals surface area contributed by atoms with Crippen LogP contribution in [0.5, 0.6) is 0 Å². The second-order valence-electron chi connectivity index (χ2n) is 8.97. The molecule has 1 N–H and O–H groups in total. The molecule has 0 saturated carbocycles. The molecule has 2 heterocycles. The van der Waals surface area contributed by atoms with Crippen LogP contribution in [0.25, 0.3) is 22.2 Å². The van der Waals surface area contributed by atoms with E-state index in [-0.39, 0.29) is 25.0 Å². The molecule has 180 valence electrons. The number of aromatic amines is 1. The third-order valence-electron chi connectivity index (χ3n) is 6.23. The van der Waals surface area contributed by atoms with Gasteiger partial charge >= 0.3 is 0 Å². The van der Waals surface area contributed by atoms with Gasteiger partial charge in [-0.25, -0.2) is 8.78 Å². The van der Waals surface area contributed by atoms with E-state index in [4.69, 9.17) is 0 Å². The molecule has 0 spiro atoms. The number of aryl methyl sites for hydroxylation is 1. The van der Waals surface area contributed by atoms with E-state index in [0.717, 1.165) is 33.8 Å². The van der Waals surface area contributed by atoms with E-state index >= 15 is 0 Å². The molecule has 5 rings (SSSR count). The van der Waals surface area contributed by atoms with E-state index in [1.165, 1.54) is 12.1 Å². The van der Waals surface area contributed by atoms with Crippen molar-refractivity contribution in [1.29, 1.82) is 0 Å². The fourth-order valence-corrected chi connectivity index (χ4v) is 4.55. The Labute approximate surface area is 207 Å². The van der Waals surface area contributed by atoms with Gasteiger partial charge in [-0.1, -0.05) is 48.0 Å². The highest BCUT2D eigenvalue weighted by atomic mass is 19.1. The summed E-state index contributed by atoms with van der Waals surface area (Å²) in [7, 11) is 0. The van der Waals surface area contributed by atoms with E-state index < -0.39 is 17.6 Å². The highest BCUT2D eigenvalue weighted by Gasteiger charge is 2.24. The minimum atomic E-state index is -0.656. The standard InChI is InChI=1S/C29H24F2N4O/c1-18-6-8-20(9-7-18)28-29(33-11-10-32-28)21(12-19-13-22(30)16-23(31)14-19)15-24(36)17-27-25-4-2-3-5-26(25)34-35-27/h2-11,13-14,16,21H,12,15,17H2,1H3,(H,34,35)/t21-/m1/s1. The Hall–Kier alpha value is -4.26. The molecule has 3 aromatic carbocycles. The average Bonchev–Trinajstić information content (AvgIpc) is 3.26. The molecule has 2 aromatic heterocycles. The maximum Gasteiger partial charge on any atom is 0.139 e. The van der Waals surface area contributed by atoms with Crippen LogP contribution in [-0.4, -0.2) is 25.9 Å². The first-order chi connectivity index (χ1) is 17.5. The van der Waals surface area contributed by atoms with Crippen LogP contribution in [-0.2, 0) is 17.6 Å². The number of para-hydroxylation sites is 1. The Kier molecular flexibility index (Phi) is 6.62. The molecule has 0 aliphatic heterocycles. The summed E-state index contributed by atoms with van der Waals surface area (Å²) < 4.78 is 28.0. The van der Waals surface area contributed by atoms with Crippen LogP contribution in [0.3, 0.4) is 0 Å². The number of H-pyrrole nitrogens is 1. The van der Waals surface area contributed by atoms with Crippen molar-refractivity contribution < 1.29 is 13.6 Å². The first-order valence-electron chi connectivity index (χ1n) is 11.7. The van der Waals surface area contributed by atoms with Gasteiger partial charge in [-0.15, -0.1) is 0 Å². The number of hydrogen-bond acceptors (Lipinski definition) is 4. The molecule has 0 amide bonds. The Balaban J connectivity index is 1.49. The van der Waals surface area contributed by atoms with Crippen molar-refractivity contribution in [1.82, 2.24) is 20.2 Å². The minimum absolute atomic E-state index is 0.0354. The summed E-state index contributed by atoms with van der Waals surface area (Å²) in [6, 6.07) is 18.9. The predicted octanol–water partition coefficient (Wildman–Crippen LogP) is 6.13. The van der Waals surface area contributed by atoms with Gasteiger partial charge in [0.25, 0.3) is 0 Å². The fraction of sp³-hybridized carbons (Fsp3) is 0.172. The smallest absolute Gasteiger partial charge is 0.139 e. The second-order valence-corrected chi connectivity index (χ2v) is 8.97. The fourth-order valence-electron chi connectivity index (χ4n) is 4.55. The van der Waals surface area contributed by atoms with Gasteiger partial charge < -0.3 is 0 Å². The maximum absolute atomic E-state index is 14.0. The van der Waals surface area contributed by atoms with E-state index in [9.17, 15) is 13.6 Å². The van der Waals surface area contributed by atoms with Crippen molar-refractivity contribution in [3.05, 3.63) is 113 Å². The third-order valence-corrected chi connectivity index (χ3v) is 6.23. The largest absolute Gasteiger partial charge is 0.299 e. The lowest BCUT2D eigenvalue weighted by molar-refractivity contribution is -0.118. The number of ketones is 1. The Morgan fingerprint density at radius 2 is 1.67 bits per heavy atom. The van der Waals surface area contributed by atoms with Crippen LogP contribution in [0.4, 0.5) is 8.78 Å². The lowest BCUT2D eigenvalue weighted by Gasteiger charge is -2.19. The topological polar surface area (TPSA) is 71.5 Å². The van der Waals surface area contributed by atoms with Crippen LogP contribution in [0.15, 0.2) is 79.1 Å². The lowest BCUT2D eigenvalue weighted by Crippen LogP contribution is -2.15. The minimum Gasteiger partial charge on any atom is -0.299 e. The molecule has 36 heavy (non-hydrogen) atoms. The summed E-state index contributed by atoms with van der Waals surface area (Å²) in [5.74, 6) is -1.78. The van der Waals surface area contributed by atoms with Crippen LogP contribution in [0.2, 0.25) is 0 Å². The predicted molar refractivity (Wildman–Crippen MR) is 134 cm³/mol. The number of carbonyl (C=O) groups is 1. The maximum atomic E-state index is 14.0. The average molecular weight is 483 g/mol. The molecule has 5 aromatic rings. The number of carbonyl (C=O) groups excluding carboxylic acids is 1. The van der Waals surface area contributed by atoms with Gasteiger partial charge in [0.05, 0.1) is 22.6 Å². The molecule has 0 unspecified atom stereocenters. The number of aromatic nitrogens is 4. The number of hydrogen-bond donors (Lipinski definition) is 1. The Morgan fingerprint density at radius 1 is 0.944 bits per heavy atom. The van der Waals surface area contributed by atoms with Crippen molar-refractivity contribution in [2.45, 2.75) is 32.1 Å². The van der Waals surface area contributed by atoms with Crippen molar-refractivity contribution in [2.24, 2.45) is 0 Å².